The van der Waals surface area contributed by atoms with Gasteiger partial charge in [0.15, 0.2) is 0 Å². The molecule has 1 aromatic rings. The van der Waals surface area contributed by atoms with Crippen LogP contribution in [0.1, 0.15) is 17.2 Å². The standard InChI is InChI=1S/C14H20N2O3/c1-15-12(14(17)18)13(16(2)3)10-4-5-11-9(8-10)6-7-19-11/h4-5,8,12-13,15H,6-7H2,1-3H3,(H,17,18). The quantitative estimate of drug-likeness (QED) is 0.827. The Morgan fingerprint density at radius 3 is 2.79 bits per heavy atom. The second-order valence-corrected chi connectivity index (χ2v) is 4.98. The Morgan fingerprint density at radius 2 is 2.21 bits per heavy atom. The molecule has 5 nitrogen and oxygen atoms in total. The zero-order valence-corrected chi connectivity index (χ0v) is 11.5. The van der Waals surface area contributed by atoms with Gasteiger partial charge in [0.25, 0.3) is 0 Å². The highest BCUT2D eigenvalue weighted by Crippen LogP contribution is 2.31. The first-order chi connectivity index (χ1) is 9.04. The summed E-state index contributed by atoms with van der Waals surface area (Å²) in [6.45, 7) is 0.708. The van der Waals surface area contributed by atoms with E-state index in [4.69, 9.17) is 4.74 Å². The van der Waals surface area contributed by atoms with Gasteiger partial charge in [-0.1, -0.05) is 12.1 Å². The Morgan fingerprint density at radius 1 is 1.47 bits per heavy atom. The van der Waals surface area contributed by atoms with Gasteiger partial charge in [-0.05, 0) is 38.3 Å². The molecular formula is C14H20N2O3. The van der Waals surface area contributed by atoms with E-state index in [0.29, 0.717) is 6.61 Å². The average molecular weight is 264 g/mol. The maximum Gasteiger partial charge on any atom is 0.322 e. The summed E-state index contributed by atoms with van der Waals surface area (Å²) >= 11 is 0. The maximum atomic E-state index is 11.4. The molecule has 2 unspecified atom stereocenters. The van der Waals surface area contributed by atoms with Gasteiger partial charge in [0.2, 0.25) is 0 Å². The van der Waals surface area contributed by atoms with Crippen LogP contribution >= 0.6 is 0 Å². The summed E-state index contributed by atoms with van der Waals surface area (Å²) in [6, 6.07) is 5.08. The van der Waals surface area contributed by atoms with Crippen LogP contribution in [0.3, 0.4) is 0 Å². The molecule has 0 amide bonds. The fourth-order valence-electron chi connectivity index (χ4n) is 2.60. The van der Waals surface area contributed by atoms with Gasteiger partial charge in [0, 0.05) is 6.42 Å². The van der Waals surface area contributed by atoms with Crippen molar-refractivity contribution in [3.63, 3.8) is 0 Å². The molecule has 0 bridgehead atoms. The molecule has 1 aromatic carbocycles. The molecule has 0 aromatic heterocycles. The van der Waals surface area contributed by atoms with E-state index in [2.05, 4.69) is 11.4 Å². The summed E-state index contributed by atoms with van der Waals surface area (Å²) in [4.78, 5) is 13.3. The van der Waals surface area contributed by atoms with Crippen molar-refractivity contribution in [2.75, 3.05) is 27.7 Å². The molecule has 1 aliphatic rings. The lowest BCUT2D eigenvalue weighted by Gasteiger charge is -2.30. The first kappa shape index (κ1) is 13.8. The van der Waals surface area contributed by atoms with Crippen LogP contribution < -0.4 is 10.1 Å². The van der Waals surface area contributed by atoms with Crippen LogP contribution in [-0.2, 0) is 11.2 Å². The van der Waals surface area contributed by atoms with Crippen molar-refractivity contribution in [1.29, 1.82) is 0 Å². The molecule has 1 aliphatic heterocycles. The highest BCUT2D eigenvalue weighted by atomic mass is 16.5. The number of nitrogens with one attached hydrogen (secondary N) is 1. The Hall–Kier alpha value is -1.59. The monoisotopic (exact) mass is 264 g/mol. The maximum absolute atomic E-state index is 11.4. The second kappa shape index (κ2) is 5.59. The molecule has 0 saturated heterocycles. The molecule has 0 aliphatic carbocycles. The van der Waals surface area contributed by atoms with Gasteiger partial charge in [-0.3, -0.25) is 4.79 Å². The van der Waals surface area contributed by atoms with Crippen LogP contribution in [0.5, 0.6) is 5.75 Å². The number of ether oxygens (including phenoxy) is 1. The lowest BCUT2D eigenvalue weighted by atomic mass is 9.96. The third-order valence-electron chi connectivity index (χ3n) is 3.50. The predicted octanol–water partition coefficient (Wildman–Crippen LogP) is 0.897. The van der Waals surface area contributed by atoms with E-state index < -0.39 is 12.0 Å². The number of rotatable bonds is 5. The van der Waals surface area contributed by atoms with Gasteiger partial charge in [-0.15, -0.1) is 0 Å². The average Bonchev–Trinajstić information content (AvgIpc) is 2.81. The molecule has 19 heavy (non-hydrogen) atoms. The topological polar surface area (TPSA) is 61.8 Å². The number of hydrogen-bond donors (Lipinski definition) is 2. The summed E-state index contributed by atoms with van der Waals surface area (Å²) in [5, 5.41) is 12.2. The minimum Gasteiger partial charge on any atom is -0.493 e. The van der Waals surface area contributed by atoms with E-state index in [1.165, 1.54) is 0 Å². The third-order valence-corrected chi connectivity index (χ3v) is 3.50. The fraction of sp³-hybridized carbons (Fsp3) is 0.500. The summed E-state index contributed by atoms with van der Waals surface area (Å²) < 4.78 is 5.48. The molecular weight excluding hydrogens is 244 g/mol. The van der Waals surface area contributed by atoms with Gasteiger partial charge in [-0.25, -0.2) is 0 Å². The number of nitrogens with zero attached hydrogens (tertiary/aromatic N) is 1. The van der Waals surface area contributed by atoms with Gasteiger partial charge < -0.3 is 20.1 Å². The zero-order chi connectivity index (χ0) is 14.0. The number of carboxylic acids is 1. The largest absolute Gasteiger partial charge is 0.493 e. The van der Waals surface area contributed by atoms with Gasteiger partial charge in [0.05, 0.1) is 12.6 Å². The molecule has 0 radical (unpaired) electrons. The minimum absolute atomic E-state index is 0.214. The van der Waals surface area contributed by atoms with Crippen LogP contribution in [-0.4, -0.2) is 49.8 Å². The van der Waals surface area contributed by atoms with Crippen molar-refractivity contribution < 1.29 is 14.6 Å². The number of fused-ring (bicyclic) bond motifs is 1. The van der Waals surface area contributed by atoms with Crippen molar-refractivity contribution in [3.05, 3.63) is 29.3 Å². The summed E-state index contributed by atoms with van der Waals surface area (Å²) in [5.41, 5.74) is 2.15. The third kappa shape index (κ3) is 2.72. The van der Waals surface area contributed by atoms with Crippen LogP contribution in [0.2, 0.25) is 0 Å². The van der Waals surface area contributed by atoms with Crippen LogP contribution in [0.4, 0.5) is 0 Å². The van der Waals surface area contributed by atoms with E-state index in [1.807, 2.05) is 31.1 Å². The minimum atomic E-state index is -0.849. The van der Waals surface area contributed by atoms with E-state index in [0.717, 1.165) is 23.3 Å². The van der Waals surface area contributed by atoms with E-state index in [-0.39, 0.29) is 6.04 Å². The van der Waals surface area contributed by atoms with E-state index in [9.17, 15) is 9.90 Å². The van der Waals surface area contributed by atoms with Gasteiger partial charge in [-0.2, -0.15) is 0 Å². The number of likely N-dealkylation sites (N-methyl/N-ethyl adjacent to an activating group) is 2. The molecule has 0 fully saturated rings. The molecule has 0 saturated carbocycles. The molecule has 2 N–H and O–H groups in total. The highest BCUT2D eigenvalue weighted by Gasteiger charge is 2.30. The molecule has 0 spiro atoms. The van der Waals surface area contributed by atoms with Crippen molar-refractivity contribution in [2.45, 2.75) is 18.5 Å². The number of carboxylic acid groups (broad SMARTS) is 1. The number of hydrogen-bond acceptors (Lipinski definition) is 4. The summed E-state index contributed by atoms with van der Waals surface area (Å²) in [6.07, 6.45) is 0.889. The van der Waals surface area contributed by atoms with Crippen LogP contribution in [0, 0.1) is 0 Å². The highest BCUT2D eigenvalue weighted by molar-refractivity contribution is 5.75. The first-order valence-electron chi connectivity index (χ1n) is 6.36. The molecule has 104 valence electrons. The number of aliphatic carboxylic acids is 1. The zero-order valence-electron chi connectivity index (χ0n) is 11.5. The normalized spacial score (nSPS) is 16.8. The van der Waals surface area contributed by atoms with E-state index >= 15 is 0 Å². The van der Waals surface area contributed by atoms with Crippen LogP contribution in [0.25, 0.3) is 0 Å². The SMILES string of the molecule is CNC(C(=O)O)C(c1ccc2c(c1)CCO2)N(C)C. The van der Waals surface area contributed by atoms with Crippen LogP contribution in [0.15, 0.2) is 18.2 Å². The van der Waals surface area contributed by atoms with Gasteiger partial charge in [0.1, 0.15) is 11.8 Å². The number of carbonyl (C=O) groups is 1. The van der Waals surface area contributed by atoms with Crippen molar-refractivity contribution >= 4 is 5.97 Å². The number of benzene rings is 1. The van der Waals surface area contributed by atoms with Crippen molar-refractivity contribution in [1.82, 2.24) is 10.2 Å². The second-order valence-electron chi connectivity index (χ2n) is 4.98. The Labute approximate surface area is 113 Å². The molecule has 2 rings (SSSR count). The van der Waals surface area contributed by atoms with Crippen molar-refractivity contribution in [3.8, 4) is 5.75 Å². The Balaban J connectivity index is 2.36. The molecule has 1 heterocycles. The lowest BCUT2D eigenvalue weighted by Crippen LogP contribution is -2.45. The summed E-state index contributed by atoms with van der Waals surface area (Å²) in [5.74, 6) is 0.0653. The lowest BCUT2D eigenvalue weighted by molar-refractivity contribution is -0.141. The fourth-order valence-corrected chi connectivity index (χ4v) is 2.60. The smallest absolute Gasteiger partial charge is 0.322 e. The molecule has 2 atom stereocenters. The molecule has 5 heteroatoms. The van der Waals surface area contributed by atoms with E-state index in [1.54, 1.807) is 7.05 Å². The Bertz CT molecular complexity index is 474. The summed E-state index contributed by atoms with van der Waals surface area (Å²) in [7, 11) is 5.45. The first-order valence-corrected chi connectivity index (χ1v) is 6.36. The van der Waals surface area contributed by atoms with Crippen molar-refractivity contribution in [2.24, 2.45) is 0 Å². The Kier molecular flexibility index (Phi) is 4.07. The predicted molar refractivity (Wildman–Crippen MR) is 72.6 cm³/mol. The van der Waals surface area contributed by atoms with Gasteiger partial charge >= 0.3 is 5.97 Å².